The van der Waals surface area contributed by atoms with Gasteiger partial charge in [-0.15, -0.1) is 0 Å². The summed E-state index contributed by atoms with van der Waals surface area (Å²) < 4.78 is 1.65. The highest BCUT2D eigenvalue weighted by atomic mass is 15.3. The quantitative estimate of drug-likeness (QED) is 0.731. The van der Waals surface area contributed by atoms with Crippen molar-refractivity contribution in [2.45, 2.75) is 0 Å². The van der Waals surface area contributed by atoms with E-state index in [-0.39, 0.29) is 0 Å². The molecular weight excluding hydrogens is 242 g/mol. The van der Waals surface area contributed by atoms with Gasteiger partial charge < -0.3 is 10.6 Å². The molecule has 0 spiro atoms. The van der Waals surface area contributed by atoms with Gasteiger partial charge in [-0.2, -0.15) is 9.78 Å². The largest absolute Gasteiger partial charge is 0.383 e. The minimum Gasteiger partial charge on any atom is -0.383 e. The lowest BCUT2D eigenvalue weighted by molar-refractivity contribution is 0.860. The first-order chi connectivity index (χ1) is 9.16. The summed E-state index contributed by atoms with van der Waals surface area (Å²) in [5, 5.41) is 4.98. The molecule has 3 aromatic rings. The Hall–Kier alpha value is -2.70. The van der Waals surface area contributed by atoms with Gasteiger partial charge in [-0.25, -0.2) is 15.0 Å². The van der Waals surface area contributed by atoms with Gasteiger partial charge in [-0.1, -0.05) is 0 Å². The number of pyridine rings is 1. The van der Waals surface area contributed by atoms with Gasteiger partial charge in [0.15, 0.2) is 11.5 Å². The van der Waals surface area contributed by atoms with Gasteiger partial charge in [0.25, 0.3) is 0 Å². The van der Waals surface area contributed by atoms with Crippen molar-refractivity contribution in [1.29, 1.82) is 0 Å². The molecule has 0 radical (unpaired) electrons. The molecule has 3 aromatic heterocycles. The molecule has 0 saturated carbocycles. The zero-order valence-electron chi connectivity index (χ0n) is 10.6. The monoisotopic (exact) mass is 255 g/mol. The Morgan fingerprint density at radius 1 is 1.11 bits per heavy atom. The lowest BCUT2D eigenvalue weighted by Gasteiger charge is -2.11. The first-order valence-electron chi connectivity index (χ1n) is 5.75. The van der Waals surface area contributed by atoms with E-state index < -0.39 is 0 Å². The third-order valence-electron chi connectivity index (χ3n) is 2.86. The summed E-state index contributed by atoms with van der Waals surface area (Å²) in [6, 6.07) is 3.86. The maximum absolute atomic E-state index is 5.78. The fourth-order valence-corrected chi connectivity index (χ4v) is 1.80. The molecule has 0 aromatic carbocycles. The number of nitrogens with two attached hydrogens (primary N) is 1. The van der Waals surface area contributed by atoms with Crippen molar-refractivity contribution in [1.82, 2.24) is 24.7 Å². The Morgan fingerprint density at radius 2 is 1.95 bits per heavy atom. The third kappa shape index (κ3) is 1.85. The van der Waals surface area contributed by atoms with E-state index in [0.717, 1.165) is 11.1 Å². The molecule has 0 fully saturated rings. The maximum atomic E-state index is 5.78. The van der Waals surface area contributed by atoms with Crippen molar-refractivity contribution in [3.63, 3.8) is 0 Å². The summed E-state index contributed by atoms with van der Waals surface area (Å²) in [6.07, 6.45) is 4.85. The van der Waals surface area contributed by atoms with Crippen molar-refractivity contribution in [3.8, 4) is 5.82 Å². The van der Waals surface area contributed by atoms with E-state index in [1.54, 1.807) is 17.1 Å². The summed E-state index contributed by atoms with van der Waals surface area (Å²) in [6.45, 7) is 0. The van der Waals surface area contributed by atoms with Gasteiger partial charge >= 0.3 is 0 Å². The topological polar surface area (TPSA) is 85.8 Å². The second-order valence-corrected chi connectivity index (χ2v) is 4.32. The maximum Gasteiger partial charge on any atom is 0.170 e. The van der Waals surface area contributed by atoms with E-state index in [1.807, 2.05) is 31.1 Å². The van der Waals surface area contributed by atoms with E-state index in [2.05, 4.69) is 20.1 Å². The van der Waals surface area contributed by atoms with Crippen molar-refractivity contribution in [2.24, 2.45) is 0 Å². The van der Waals surface area contributed by atoms with E-state index in [1.165, 1.54) is 6.33 Å². The Morgan fingerprint density at radius 3 is 2.63 bits per heavy atom. The number of nitrogen functional groups attached to an aromatic ring is 1. The van der Waals surface area contributed by atoms with E-state index in [9.17, 15) is 0 Å². The molecule has 0 bridgehead atoms. The van der Waals surface area contributed by atoms with Crippen LogP contribution in [0.3, 0.4) is 0 Å². The van der Waals surface area contributed by atoms with Crippen LogP contribution in [-0.2, 0) is 0 Å². The zero-order valence-corrected chi connectivity index (χ0v) is 10.6. The summed E-state index contributed by atoms with van der Waals surface area (Å²) >= 11 is 0. The molecular formula is C12H13N7. The third-order valence-corrected chi connectivity index (χ3v) is 2.86. The highest BCUT2D eigenvalue weighted by molar-refractivity contribution is 5.85. The average Bonchev–Trinajstić information content (AvgIpc) is 2.84. The minimum absolute atomic E-state index is 0.418. The lowest BCUT2D eigenvalue weighted by Crippen LogP contribution is -2.09. The van der Waals surface area contributed by atoms with Crippen LogP contribution < -0.4 is 10.6 Å². The molecule has 0 aliphatic heterocycles. The van der Waals surface area contributed by atoms with Crippen LogP contribution in [0.4, 0.5) is 11.5 Å². The van der Waals surface area contributed by atoms with Crippen molar-refractivity contribution in [3.05, 3.63) is 30.9 Å². The van der Waals surface area contributed by atoms with Gasteiger partial charge in [0, 0.05) is 14.1 Å². The van der Waals surface area contributed by atoms with Crippen LogP contribution in [0, 0.1) is 0 Å². The SMILES string of the molecule is CN(C)c1ccc(-n2ncc3c(N)ncnc32)nc1. The van der Waals surface area contributed by atoms with Gasteiger partial charge in [-0.3, -0.25) is 0 Å². The number of fused-ring (bicyclic) bond motifs is 1. The summed E-state index contributed by atoms with van der Waals surface area (Å²) in [4.78, 5) is 14.5. The van der Waals surface area contributed by atoms with Crippen LogP contribution in [0.1, 0.15) is 0 Å². The number of anilines is 2. The van der Waals surface area contributed by atoms with Crippen LogP contribution in [0.15, 0.2) is 30.9 Å². The molecule has 3 heterocycles. The first-order valence-corrected chi connectivity index (χ1v) is 5.75. The molecule has 0 aliphatic carbocycles. The molecule has 7 nitrogen and oxygen atoms in total. The van der Waals surface area contributed by atoms with Gasteiger partial charge in [-0.05, 0) is 12.1 Å². The highest BCUT2D eigenvalue weighted by Crippen LogP contribution is 2.19. The average molecular weight is 255 g/mol. The molecule has 96 valence electrons. The number of hydrogen-bond acceptors (Lipinski definition) is 6. The van der Waals surface area contributed by atoms with Crippen molar-refractivity contribution < 1.29 is 0 Å². The summed E-state index contributed by atoms with van der Waals surface area (Å²) in [5.41, 5.74) is 7.45. The number of nitrogens with zero attached hydrogens (tertiary/aromatic N) is 6. The molecule has 0 amide bonds. The molecule has 0 atom stereocenters. The molecule has 2 N–H and O–H groups in total. The molecule has 7 heteroatoms. The zero-order chi connectivity index (χ0) is 13.4. The van der Waals surface area contributed by atoms with Crippen molar-refractivity contribution in [2.75, 3.05) is 24.7 Å². The predicted octanol–water partition coefficient (Wildman–Crippen LogP) is 0.859. The Bertz CT molecular complexity index is 715. The lowest BCUT2D eigenvalue weighted by atomic mass is 10.4. The van der Waals surface area contributed by atoms with Crippen LogP contribution in [0.5, 0.6) is 0 Å². The Labute approximate surface area is 109 Å². The molecule has 0 unspecified atom stereocenters. The fraction of sp³-hybridized carbons (Fsp3) is 0.167. The highest BCUT2D eigenvalue weighted by Gasteiger charge is 2.10. The van der Waals surface area contributed by atoms with Crippen LogP contribution >= 0.6 is 0 Å². The predicted molar refractivity (Wildman–Crippen MR) is 73.2 cm³/mol. The Balaban J connectivity index is 2.11. The van der Waals surface area contributed by atoms with E-state index in [0.29, 0.717) is 17.3 Å². The van der Waals surface area contributed by atoms with Crippen LogP contribution in [-0.4, -0.2) is 38.8 Å². The van der Waals surface area contributed by atoms with Crippen LogP contribution in [0.25, 0.3) is 16.9 Å². The second kappa shape index (κ2) is 4.20. The number of aromatic nitrogens is 5. The fourth-order valence-electron chi connectivity index (χ4n) is 1.80. The first kappa shape index (κ1) is 11.4. The normalized spacial score (nSPS) is 10.8. The standard InChI is InChI=1S/C12H13N7/c1-18(2)8-3-4-10(14-5-8)19-12-9(6-17-19)11(13)15-7-16-12/h3-7H,1-2H3,(H2,13,15,16). The van der Waals surface area contributed by atoms with E-state index >= 15 is 0 Å². The molecule has 0 aliphatic rings. The summed E-state index contributed by atoms with van der Waals surface area (Å²) in [5.74, 6) is 1.11. The van der Waals surface area contributed by atoms with E-state index in [4.69, 9.17) is 5.73 Å². The van der Waals surface area contributed by atoms with Gasteiger partial charge in [0.05, 0.1) is 23.5 Å². The smallest absolute Gasteiger partial charge is 0.170 e. The van der Waals surface area contributed by atoms with Gasteiger partial charge in [0.1, 0.15) is 12.1 Å². The second-order valence-electron chi connectivity index (χ2n) is 4.32. The number of rotatable bonds is 2. The number of hydrogen-bond donors (Lipinski definition) is 1. The van der Waals surface area contributed by atoms with Crippen LogP contribution in [0.2, 0.25) is 0 Å². The van der Waals surface area contributed by atoms with Crippen molar-refractivity contribution >= 4 is 22.5 Å². The molecule has 3 rings (SSSR count). The minimum atomic E-state index is 0.418. The summed E-state index contributed by atoms with van der Waals surface area (Å²) in [7, 11) is 3.93. The molecule has 19 heavy (non-hydrogen) atoms. The van der Waals surface area contributed by atoms with Gasteiger partial charge in [0.2, 0.25) is 0 Å². The molecule has 0 saturated heterocycles. The Kier molecular flexibility index (Phi) is 2.52.